The van der Waals surface area contributed by atoms with Crippen molar-refractivity contribution in [3.8, 4) is 0 Å². The minimum atomic E-state index is -1.68. The number of aliphatic hydroxyl groups is 2. The predicted octanol–water partition coefficient (Wildman–Crippen LogP) is 0.116. The van der Waals surface area contributed by atoms with Gasteiger partial charge in [0.1, 0.15) is 6.10 Å². The van der Waals surface area contributed by atoms with E-state index in [0.29, 0.717) is 0 Å². The van der Waals surface area contributed by atoms with E-state index in [9.17, 15) is 10.1 Å². The van der Waals surface area contributed by atoms with Gasteiger partial charge in [-0.25, -0.2) is 0 Å². The van der Waals surface area contributed by atoms with E-state index in [1.807, 2.05) is 0 Å². The number of hydrogen-bond acceptors (Lipinski definition) is 4. The van der Waals surface area contributed by atoms with E-state index in [1.165, 1.54) is 13.8 Å². The number of alkyl halides is 1. The molecule has 0 saturated carbocycles. The smallest absolute Gasteiger partial charge is 0.275 e. The maximum Gasteiger partial charge on any atom is 0.275 e. The standard InChI is InChI=1S/C5H10BrNO4/c1-3(8)4(7(10)11)5(2,6)9/h3-4,8-9H,1-2H3/t3-,4-,5-/m1/s1. The van der Waals surface area contributed by atoms with E-state index >= 15 is 0 Å². The van der Waals surface area contributed by atoms with E-state index in [0.717, 1.165) is 0 Å². The van der Waals surface area contributed by atoms with Gasteiger partial charge in [0.05, 0.1) is 0 Å². The lowest BCUT2D eigenvalue weighted by Crippen LogP contribution is -2.46. The predicted molar refractivity (Wildman–Crippen MR) is 42.0 cm³/mol. The molecule has 0 saturated heterocycles. The summed E-state index contributed by atoms with van der Waals surface area (Å²) in [6, 6.07) is -1.41. The highest BCUT2D eigenvalue weighted by molar-refractivity contribution is 9.10. The summed E-state index contributed by atoms with van der Waals surface area (Å²) in [5.41, 5.74) is 0. The summed E-state index contributed by atoms with van der Waals surface area (Å²) in [5.74, 6) is 0. The third kappa shape index (κ3) is 3.13. The van der Waals surface area contributed by atoms with Crippen molar-refractivity contribution in [1.82, 2.24) is 0 Å². The van der Waals surface area contributed by atoms with Crippen LogP contribution in [0.25, 0.3) is 0 Å². The molecule has 2 N–H and O–H groups in total. The van der Waals surface area contributed by atoms with E-state index in [2.05, 4.69) is 15.9 Å². The molecule has 0 aliphatic rings. The number of nitrogens with zero attached hydrogens (tertiary/aromatic N) is 1. The largest absolute Gasteiger partial charge is 0.386 e. The van der Waals surface area contributed by atoms with Crippen LogP contribution in [-0.2, 0) is 0 Å². The Bertz CT molecular complexity index is 153. The van der Waals surface area contributed by atoms with Crippen molar-refractivity contribution in [2.45, 2.75) is 30.5 Å². The Morgan fingerprint density at radius 2 is 2.09 bits per heavy atom. The molecule has 11 heavy (non-hydrogen) atoms. The summed E-state index contributed by atoms with van der Waals surface area (Å²) in [6.07, 6.45) is -1.20. The van der Waals surface area contributed by atoms with E-state index in [1.54, 1.807) is 0 Å². The Balaban J connectivity index is 4.49. The first-order valence-electron chi connectivity index (χ1n) is 2.99. The maximum atomic E-state index is 10.2. The van der Waals surface area contributed by atoms with E-state index in [4.69, 9.17) is 10.2 Å². The Kier molecular flexibility index (Phi) is 3.40. The average molecular weight is 228 g/mol. The van der Waals surface area contributed by atoms with Gasteiger partial charge in [0.25, 0.3) is 6.04 Å². The molecule has 0 spiro atoms. The van der Waals surface area contributed by atoms with Crippen molar-refractivity contribution in [3.05, 3.63) is 10.1 Å². The summed E-state index contributed by atoms with van der Waals surface area (Å²) >= 11 is 2.70. The highest BCUT2D eigenvalue weighted by Gasteiger charge is 2.42. The molecule has 0 radical (unpaired) electrons. The van der Waals surface area contributed by atoms with Crippen LogP contribution in [-0.4, -0.2) is 31.8 Å². The summed E-state index contributed by atoms with van der Waals surface area (Å²) < 4.78 is -1.68. The molecule has 6 heteroatoms. The van der Waals surface area contributed by atoms with Crippen LogP contribution in [0.3, 0.4) is 0 Å². The first-order chi connectivity index (χ1) is 4.76. The second-order valence-corrected chi connectivity index (χ2v) is 4.10. The Labute approximate surface area is 72.3 Å². The number of rotatable bonds is 3. The number of aliphatic hydroxyl groups excluding tert-OH is 1. The summed E-state index contributed by atoms with van der Waals surface area (Å²) in [5, 5.41) is 28.3. The van der Waals surface area contributed by atoms with E-state index < -0.39 is 21.6 Å². The molecule has 5 nitrogen and oxygen atoms in total. The minimum absolute atomic E-state index is 0.723. The minimum Gasteiger partial charge on any atom is -0.386 e. The molecule has 0 amide bonds. The first-order valence-corrected chi connectivity index (χ1v) is 3.79. The van der Waals surface area contributed by atoms with Crippen LogP contribution in [0.2, 0.25) is 0 Å². The molecule has 0 aliphatic heterocycles. The molecular formula is C5H10BrNO4. The molecule has 0 fully saturated rings. The van der Waals surface area contributed by atoms with Gasteiger partial charge in [-0.3, -0.25) is 10.1 Å². The normalized spacial score (nSPS) is 21.9. The molecule has 0 bridgehead atoms. The monoisotopic (exact) mass is 227 g/mol. The average Bonchev–Trinajstić information content (AvgIpc) is 1.54. The first kappa shape index (κ1) is 10.8. The molecular weight excluding hydrogens is 218 g/mol. The summed E-state index contributed by atoms with van der Waals surface area (Å²) in [7, 11) is 0. The lowest BCUT2D eigenvalue weighted by Gasteiger charge is -2.21. The van der Waals surface area contributed by atoms with Crippen LogP contribution >= 0.6 is 15.9 Å². The van der Waals surface area contributed by atoms with Crippen LogP contribution < -0.4 is 0 Å². The molecule has 0 unspecified atom stereocenters. The van der Waals surface area contributed by atoms with Crippen molar-refractivity contribution in [2.75, 3.05) is 0 Å². The quantitative estimate of drug-likeness (QED) is 0.408. The van der Waals surface area contributed by atoms with Crippen molar-refractivity contribution >= 4 is 15.9 Å². The Hall–Kier alpha value is -0.200. The van der Waals surface area contributed by atoms with Crippen LogP contribution in [0.4, 0.5) is 0 Å². The van der Waals surface area contributed by atoms with Gasteiger partial charge in [0.15, 0.2) is 4.51 Å². The molecule has 0 heterocycles. The van der Waals surface area contributed by atoms with Crippen LogP contribution in [0.15, 0.2) is 0 Å². The Morgan fingerprint density at radius 3 is 2.09 bits per heavy atom. The zero-order valence-electron chi connectivity index (χ0n) is 6.19. The van der Waals surface area contributed by atoms with Gasteiger partial charge >= 0.3 is 0 Å². The zero-order chi connectivity index (χ0) is 9.23. The molecule has 0 rings (SSSR count). The summed E-state index contributed by atoms with van der Waals surface area (Å²) in [6.45, 7) is 2.47. The molecule has 0 aromatic rings. The van der Waals surface area contributed by atoms with E-state index in [-0.39, 0.29) is 0 Å². The van der Waals surface area contributed by atoms with Crippen molar-refractivity contribution < 1.29 is 15.1 Å². The molecule has 0 aromatic carbocycles. The highest BCUT2D eigenvalue weighted by Crippen LogP contribution is 2.22. The SMILES string of the molecule is C[C@@H](O)[C@@H]([N+](=O)[O-])[C@@](C)(O)Br. The van der Waals surface area contributed by atoms with Gasteiger partial charge in [-0.15, -0.1) is 0 Å². The van der Waals surface area contributed by atoms with Crippen molar-refractivity contribution in [3.63, 3.8) is 0 Å². The lowest BCUT2D eigenvalue weighted by molar-refractivity contribution is -0.547. The fourth-order valence-corrected chi connectivity index (χ4v) is 1.36. The lowest BCUT2D eigenvalue weighted by atomic mass is 10.1. The number of nitro groups is 1. The maximum absolute atomic E-state index is 10.2. The van der Waals surface area contributed by atoms with Crippen LogP contribution in [0, 0.1) is 10.1 Å². The molecule has 66 valence electrons. The highest BCUT2D eigenvalue weighted by atomic mass is 79.9. The third-order valence-corrected chi connectivity index (χ3v) is 1.69. The fourth-order valence-electron chi connectivity index (χ4n) is 0.809. The van der Waals surface area contributed by atoms with Gasteiger partial charge in [0.2, 0.25) is 0 Å². The second kappa shape index (κ2) is 3.46. The van der Waals surface area contributed by atoms with Crippen molar-refractivity contribution in [2.24, 2.45) is 0 Å². The third-order valence-electron chi connectivity index (χ3n) is 1.22. The van der Waals surface area contributed by atoms with Crippen LogP contribution in [0.5, 0.6) is 0 Å². The fraction of sp³-hybridized carbons (Fsp3) is 1.00. The molecule has 0 aromatic heterocycles. The topological polar surface area (TPSA) is 83.6 Å². The van der Waals surface area contributed by atoms with Gasteiger partial charge in [-0.2, -0.15) is 0 Å². The van der Waals surface area contributed by atoms with Crippen molar-refractivity contribution in [1.29, 1.82) is 0 Å². The second-order valence-electron chi connectivity index (χ2n) is 2.49. The van der Waals surface area contributed by atoms with Crippen LogP contribution in [0.1, 0.15) is 13.8 Å². The van der Waals surface area contributed by atoms with Gasteiger partial charge < -0.3 is 10.2 Å². The number of hydrogen-bond donors (Lipinski definition) is 2. The Morgan fingerprint density at radius 1 is 1.73 bits per heavy atom. The van der Waals surface area contributed by atoms with Gasteiger partial charge in [-0.1, -0.05) is 0 Å². The van der Waals surface area contributed by atoms with Gasteiger partial charge in [-0.05, 0) is 29.8 Å². The molecule has 0 aliphatic carbocycles. The number of halogens is 1. The molecule has 3 atom stereocenters. The zero-order valence-corrected chi connectivity index (χ0v) is 7.78. The summed E-state index contributed by atoms with van der Waals surface area (Å²) in [4.78, 5) is 9.52. The van der Waals surface area contributed by atoms with Gasteiger partial charge in [0, 0.05) is 4.92 Å².